The fraction of sp³-hybridized carbons (Fsp3) is 0.333. The lowest BCUT2D eigenvalue weighted by molar-refractivity contribution is 0.0518. The van der Waals surface area contributed by atoms with Crippen molar-refractivity contribution in [2.75, 3.05) is 13.7 Å². The van der Waals surface area contributed by atoms with Crippen molar-refractivity contribution in [3.63, 3.8) is 0 Å². The predicted octanol–water partition coefficient (Wildman–Crippen LogP) is 1.67. The molecule has 0 aromatic carbocycles. The fourth-order valence-corrected chi connectivity index (χ4v) is 1.96. The Hall–Kier alpha value is -1.96. The van der Waals surface area contributed by atoms with Crippen LogP contribution in [0.15, 0.2) is 22.9 Å². The van der Waals surface area contributed by atoms with Crippen LogP contribution < -0.4 is 4.74 Å². The molecule has 0 aliphatic carbocycles. The van der Waals surface area contributed by atoms with Crippen LogP contribution in [-0.2, 0) is 11.3 Å². The van der Waals surface area contributed by atoms with Crippen molar-refractivity contribution in [2.24, 2.45) is 0 Å². The van der Waals surface area contributed by atoms with Crippen LogP contribution in [0, 0.1) is 0 Å². The molecule has 0 spiro atoms. The number of carbonyl (C=O) groups is 1. The molecule has 0 aliphatic heterocycles. The summed E-state index contributed by atoms with van der Waals surface area (Å²) in [6, 6.07) is 3.62. The molecule has 20 heavy (non-hydrogen) atoms. The van der Waals surface area contributed by atoms with E-state index in [-0.39, 0.29) is 5.69 Å². The smallest absolute Gasteiger partial charge is 0.361 e. The molecule has 0 radical (unpaired) electrons. The first kappa shape index (κ1) is 14.4. The number of nitrogens with zero attached hydrogens (tertiary/aromatic N) is 4. The van der Waals surface area contributed by atoms with E-state index in [1.54, 1.807) is 31.0 Å². The molecular weight excluding hydrogens is 328 g/mol. The van der Waals surface area contributed by atoms with Gasteiger partial charge in [-0.2, -0.15) is 0 Å². The third-order valence-corrected chi connectivity index (χ3v) is 3.27. The Balaban J connectivity index is 2.15. The molecule has 0 amide bonds. The van der Waals surface area contributed by atoms with Crippen LogP contribution >= 0.6 is 15.9 Å². The number of rotatable bonds is 5. The van der Waals surface area contributed by atoms with Gasteiger partial charge >= 0.3 is 5.97 Å². The summed E-state index contributed by atoms with van der Waals surface area (Å²) in [6.45, 7) is 2.46. The second kappa shape index (κ2) is 6.47. The zero-order valence-electron chi connectivity index (χ0n) is 11.0. The van der Waals surface area contributed by atoms with Crippen molar-refractivity contribution in [3.8, 4) is 5.88 Å². The number of hydrogen-bond donors (Lipinski definition) is 0. The van der Waals surface area contributed by atoms with E-state index in [0.717, 1.165) is 5.56 Å². The fourth-order valence-electron chi connectivity index (χ4n) is 1.53. The molecule has 8 heteroatoms. The van der Waals surface area contributed by atoms with Crippen molar-refractivity contribution >= 4 is 21.9 Å². The van der Waals surface area contributed by atoms with Gasteiger partial charge in [0.1, 0.15) is 4.60 Å². The highest BCUT2D eigenvalue weighted by molar-refractivity contribution is 9.10. The van der Waals surface area contributed by atoms with Gasteiger partial charge in [-0.1, -0.05) is 11.3 Å². The Morgan fingerprint density at radius 1 is 1.45 bits per heavy atom. The number of hydrogen-bond acceptors (Lipinski definition) is 6. The first-order valence-corrected chi connectivity index (χ1v) is 6.70. The number of aromatic nitrogens is 4. The molecule has 0 saturated carbocycles. The quantitative estimate of drug-likeness (QED) is 0.770. The molecule has 0 N–H and O–H groups in total. The van der Waals surface area contributed by atoms with E-state index < -0.39 is 5.97 Å². The molecule has 0 bridgehead atoms. The number of ether oxygens (including phenoxy) is 2. The van der Waals surface area contributed by atoms with E-state index >= 15 is 0 Å². The molecule has 2 aromatic rings. The van der Waals surface area contributed by atoms with Gasteiger partial charge < -0.3 is 9.47 Å². The van der Waals surface area contributed by atoms with Crippen LogP contribution in [0.2, 0.25) is 0 Å². The lowest BCUT2D eigenvalue weighted by Crippen LogP contribution is -2.07. The van der Waals surface area contributed by atoms with Crippen LogP contribution in [0.25, 0.3) is 0 Å². The number of methoxy groups -OCH3 is 1. The van der Waals surface area contributed by atoms with E-state index in [2.05, 4.69) is 31.2 Å². The molecule has 0 atom stereocenters. The van der Waals surface area contributed by atoms with Gasteiger partial charge in [0.2, 0.25) is 11.6 Å². The molecule has 7 nitrogen and oxygen atoms in total. The van der Waals surface area contributed by atoms with Gasteiger partial charge in [-0.25, -0.2) is 14.5 Å². The Labute approximate surface area is 124 Å². The summed E-state index contributed by atoms with van der Waals surface area (Å²) in [4.78, 5) is 15.7. The van der Waals surface area contributed by atoms with E-state index in [1.807, 2.05) is 6.07 Å². The van der Waals surface area contributed by atoms with E-state index in [0.29, 0.717) is 23.6 Å². The van der Waals surface area contributed by atoms with Crippen LogP contribution in [0.1, 0.15) is 23.0 Å². The largest absolute Gasteiger partial charge is 0.481 e. The van der Waals surface area contributed by atoms with Crippen LogP contribution in [0.5, 0.6) is 5.88 Å². The van der Waals surface area contributed by atoms with Crippen molar-refractivity contribution in [1.82, 2.24) is 20.0 Å². The van der Waals surface area contributed by atoms with Crippen molar-refractivity contribution < 1.29 is 14.3 Å². The average Bonchev–Trinajstić information content (AvgIpc) is 2.81. The topological polar surface area (TPSA) is 79.1 Å². The molecular formula is C12H13BrN4O3. The first-order chi connectivity index (χ1) is 9.65. The highest BCUT2D eigenvalue weighted by Crippen LogP contribution is 2.17. The summed E-state index contributed by atoms with van der Waals surface area (Å²) in [5.74, 6) is 0.0390. The van der Waals surface area contributed by atoms with Gasteiger partial charge in [0, 0.05) is 12.3 Å². The standard InChI is InChI=1S/C12H13BrN4O3/c1-3-20-12(18)10-11(13)17(16-15-10)7-8-4-5-9(19-2)14-6-8/h4-6H,3,7H2,1-2H3. The van der Waals surface area contributed by atoms with Gasteiger partial charge in [0.25, 0.3) is 0 Å². The highest BCUT2D eigenvalue weighted by Gasteiger charge is 2.18. The van der Waals surface area contributed by atoms with Crippen LogP contribution in [0.4, 0.5) is 0 Å². The molecule has 0 aliphatic rings. The van der Waals surface area contributed by atoms with Crippen molar-refractivity contribution in [1.29, 1.82) is 0 Å². The van der Waals surface area contributed by atoms with Crippen molar-refractivity contribution in [2.45, 2.75) is 13.5 Å². The molecule has 0 saturated heterocycles. The van der Waals surface area contributed by atoms with E-state index in [4.69, 9.17) is 9.47 Å². The van der Waals surface area contributed by atoms with Gasteiger partial charge in [-0.3, -0.25) is 0 Å². The van der Waals surface area contributed by atoms with Gasteiger partial charge in [-0.05, 0) is 28.4 Å². The minimum atomic E-state index is -0.501. The Bertz CT molecular complexity index is 597. The highest BCUT2D eigenvalue weighted by atomic mass is 79.9. The third-order valence-electron chi connectivity index (χ3n) is 2.48. The Morgan fingerprint density at radius 2 is 2.25 bits per heavy atom. The van der Waals surface area contributed by atoms with Gasteiger partial charge in [0.15, 0.2) is 0 Å². The van der Waals surface area contributed by atoms with Crippen LogP contribution in [-0.4, -0.2) is 39.7 Å². The monoisotopic (exact) mass is 340 g/mol. The van der Waals surface area contributed by atoms with Crippen molar-refractivity contribution in [3.05, 3.63) is 34.2 Å². The number of pyridine rings is 1. The number of halogens is 1. The maximum atomic E-state index is 11.6. The Morgan fingerprint density at radius 3 is 2.85 bits per heavy atom. The summed E-state index contributed by atoms with van der Waals surface area (Å²) < 4.78 is 11.9. The molecule has 2 rings (SSSR count). The lowest BCUT2D eigenvalue weighted by atomic mass is 10.3. The maximum Gasteiger partial charge on any atom is 0.361 e. The van der Waals surface area contributed by atoms with Crippen LogP contribution in [0.3, 0.4) is 0 Å². The van der Waals surface area contributed by atoms with Gasteiger partial charge in [-0.15, -0.1) is 5.10 Å². The molecule has 106 valence electrons. The molecule has 2 heterocycles. The predicted molar refractivity (Wildman–Crippen MR) is 73.6 cm³/mol. The SMILES string of the molecule is CCOC(=O)c1nnn(Cc2ccc(OC)nc2)c1Br. The lowest BCUT2D eigenvalue weighted by Gasteiger charge is -2.04. The summed E-state index contributed by atoms with van der Waals surface area (Å²) in [5.41, 5.74) is 1.07. The summed E-state index contributed by atoms with van der Waals surface area (Å²) >= 11 is 3.30. The minimum Gasteiger partial charge on any atom is -0.481 e. The number of esters is 1. The Kier molecular flexibility index (Phi) is 4.67. The second-order valence-electron chi connectivity index (χ2n) is 3.82. The summed E-state index contributed by atoms with van der Waals surface area (Å²) in [7, 11) is 1.56. The van der Waals surface area contributed by atoms with E-state index in [9.17, 15) is 4.79 Å². The maximum absolute atomic E-state index is 11.6. The minimum absolute atomic E-state index is 0.160. The molecule has 2 aromatic heterocycles. The summed E-state index contributed by atoms with van der Waals surface area (Å²) in [6.07, 6.45) is 1.68. The summed E-state index contributed by atoms with van der Waals surface area (Å²) in [5, 5.41) is 7.73. The second-order valence-corrected chi connectivity index (χ2v) is 4.57. The van der Waals surface area contributed by atoms with E-state index in [1.165, 1.54) is 0 Å². The van der Waals surface area contributed by atoms with Gasteiger partial charge in [0.05, 0.1) is 20.3 Å². The third kappa shape index (κ3) is 3.13. The molecule has 0 fully saturated rings. The first-order valence-electron chi connectivity index (χ1n) is 5.90. The number of carbonyl (C=O) groups excluding carboxylic acids is 1. The molecule has 0 unspecified atom stereocenters. The zero-order valence-corrected chi connectivity index (χ0v) is 12.6. The zero-order chi connectivity index (χ0) is 14.5. The normalized spacial score (nSPS) is 10.3. The average molecular weight is 341 g/mol.